The zero-order chi connectivity index (χ0) is 28.2. The first-order valence-electron chi connectivity index (χ1n) is 12.6. The fourth-order valence-electron chi connectivity index (χ4n) is 5.05. The highest BCUT2D eigenvalue weighted by molar-refractivity contribution is 5.85. The number of carboxylic acid groups (broad SMARTS) is 1. The summed E-state index contributed by atoms with van der Waals surface area (Å²) in [5, 5.41) is 10.7. The van der Waals surface area contributed by atoms with Crippen molar-refractivity contribution in [3.63, 3.8) is 0 Å². The normalized spacial score (nSPS) is 15.9. The molecule has 0 bridgehead atoms. The lowest BCUT2D eigenvalue weighted by atomic mass is 9.74. The van der Waals surface area contributed by atoms with Gasteiger partial charge in [-0.05, 0) is 49.4 Å². The first-order valence-corrected chi connectivity index (χ1v) is 12.6. The summed E-state index contributed by atoms with van der Waals surface area (Å²) in [5.41, 5.74) is 5.78. The summed E-state index contributed by atoms with van der Waals surface area (Å²) in [7, 11) is 1.52. The van der Waals surface area contributed by atoms with Crippen LogP contribution in [0.25, 0.3) is 10.9 Å². The number of ether oxygens (including phenoxy) is 1. The molecule has 4 rings (SSSR count). The van der Waals surface area contributed by atoms with Gasteiger partial charge in [0.2, 0.25) is 0 Å². The molecule has 0 unspecified atom stereocenters. The van der Waals surface area contributed by atoms with Gasteiger partial charge in [0.15, 0.2) is 0 Å². The summed E-state index contributed by atoms with van der Waals surface area (Å²) in [6, 6.07) is 6.31. The molecule has 10 heteroatoms. The molecule has 6 nitrogen and oxygen atoms in total. The van der Waals surface area contributed by atoms with E-state index in [9.17, 15) is 23.1 Å². The number of fused-ring (bicyclic) bond motifs is 1. The lowest BCUT2D eigenvalue weighted by Crippen LogP contribution is -2.44. The highest BCUT2D eigenvalue weighted by atomic mass is 19.1. The molecule has 206 valence electrons. The highest BCUT2D eigenvalue weighted by Gasteiger charge is 2.41. The predicted octanol–water partition coefficient (Wildman–Crippen LogP) is 5.13. The van der Waals surface area contributed by atoms with E-state index in [1.54, 1.807) is 24.4 Å². The van der Waals surface area contributed by atoms with Gasteiger partial charge in [-0.15, -0.1) is 0 Å². The van der Waals surface area contributed by atoms with Crippen LogP contribution in [-0.2, 0) is 11.3 Å². The highest BCUT2D eigenvalue weighted by Crippen LogP contribution is 2.41. The number of rotatable bonds is 8. The summed E-state index contributed by atoms with van der Waals surface area (Å²) in [6.45, 7) is 0.982. The van der Waals surface area contributed by atoms with E-state index in [0.29, 0.717) is 53.0 Å². The van der Waals surface area contributed by atoms with E-state index in [0.717, 1.165) is 0 Å². The number of aliphatic carboxylic acids is 1. The number of nitrogens with zero attached hydrogens (tertiary/aromatic N) is 2. The Morgan fingerprint density at radius 3 is 2.51 bits per heavy atom. The number of hydrogen-bond acceptors (Lipinski definition) is 5. The van der Waals surface area contributed by atoms with Crippen molar-refractivity contribution >= 4 is 16.9 Å². The number of alkyl halides is 1. The summed E-state index contributed by atoms with van der Waals surface area (Å²) in [5.74, 6) is 1.44. The van der Waals surface area contributed by atoms with Gasteiger partial charge in [-0.25, -0.2) is 17.6 Å². The van der Waals surface area contributed by atoms with E-state index >= 15 is 4.39 Å². The van der Waals surface area contributed by atoms with E-state index in [1.165, 1.54) is 7.11 Å². The number of carboxylic acids is 1. The third-order valence-electron chi connectivity index (χ3n) is 7.40. The predicted molar refractivity (Wildman–Crippen MR) is 138 cm³/mol. The second kappa shape index (κ2) is 12.0. The molecule has 0 aliphatic carbocycles. The van der Waals surface area contributed by atoms with Crippen molar-refractivity contribution in [3.05, 3.63) is 70.7 Å². The zero-order valence-electron chi connectivity index (χ0n) is 21.4. The van der Waals surface area contributed by atoms with Gasteiger partial charge >= 0.3 is 5.97 Å². The fraction of sp³-hybridized carbons (Fsp3) is 0.379. The van der Waals surface area contributed by atoms with Crippen molar-refractivity contribution in [2.75, 3.05) is 26.7 Å². The number of hydrogen-bond donors (Lipinski definition) is 2. The topological polar surface area (TPSA) is 88.7 Å². The van der Waals surface area contributed by atoms with Crippen LogP contribution >= 0.6 is 0 Å². The maximum atomic E-state index is 15.8. The van der Waals surface area contributed by atoms with Gasteiger partial charge in [0.1, 0.15) is 29.4 Å². The lowest BCUT2D eigenvalue weighted by molar-refractivity contribution is -0.152. The molecule has 39 heavy (non-hydrogen) atoms. The van der Waals surface area contributed by atoms with Gasteiger partial charge < -0.3 is 15.6 Å². The molecule has 0 amide bonds. The van der Waals surface area contributed by atoms with Crippen LogP contribution in [0.3, 0.4) is 0 Å². The van der Waals surface area contributed by atoms with Crippen LogP contribution in [0.5, 0.6) is 5.75 Å². The van der Waals surface area contributed by atoms with Crippen molar-refractivity contribution in [3.8, 4) is 17.6 Å². The molecule has 1 aliphatic rings. The van der Waals surface area contributed by atoms with Crippen molar-refractivity contribution in [1.29, 1.82) is 0 Å². The van der Waals surface area contributed by atoms with E-state index in [-0.39, 0.29) is 38.8 Å². The average Bonchev–Trinajstić information content (AvgIpc) is 2.92. The summed E-state index contributed by atoms with van der Waals surface area (Å²) in [6.07, 6.45) is 0.731. The Kier molecular flexibility index (Phi) is 8.73. The van der Waals surface area contributed by atoms with Crippen LogP contribution in [-0.4, -0.2) is 47.7 Å². The number of aromatic nitrogens is 1. The van der Waals surface area contributed by atoms with Crippen molar-refractivity contribution in [1.82, 2.24) is 9.88 Å². The molecule has 2 aromatic carbocycles. The average molecular weight is 544 g/mol. The maximum Gasteiger partial charge on any atom is 0.309 e. The minimum Gasteiger partial charge on any atom is -0.497 e. The Labute approximate surface area is 223 Å². The molecule has 0 saturated carbocycles. The largest absolute Gasteiger partial charge is 0.497 e. The second-order valence-electron chi connectivity index (χ2n) is 9.70. The van der Waals surface area contributed by atoms with Crippen LogP contribution in [0, 0.1) is 34.7 Å². The monoisotopic (exact) mass is 543 g/mol. The fourth-order valence-corrected chi connectivity index (χ4v) is 5.05. The van der Waals surface area contributed by atoms with Gasteiger partial charge in [0.25, 0.3) is 0 Å². The van der Waals surface area contributed by atoms with Crippen LogP contribution in [0.4, 0.5) is 17.6 Å². The molecular weight excluding hydrogens is 514 g/mol. The minimum absolute atomic E-state index is 0.0153. The van der Waals surface area contributed by atoms with E-state index in [1.807, 2.05) is 4.90 Å². The van der Waals surface area contributed by atoms with Gasteiger partial charge in [-0.1, -0.05) is 11.8 Å². The molecule has 1 saturated heterocycles. The SMILES string of the molecule is COc1ccc2ncc(CN)c([C@H](F)CCC3(C(=O)O)CCN(CC#Cc4c(F)cc(F)cc4F)CC3)c2c1. The first-order chi connectivity index (χ1) is 18.7. The number of benzene rings is 2. The number of pyridine rings is 1. The van der Waals surface area contributed by atoms with Crippen LogP contribution in [0.1, 0.15) is 48.5 Å². The number of methoxy groups -OCH3 is 1. The van der Waals surface area contributed by atoms with Gasteiger partial charge in [-0.3, -0.25) is 14.7 Å². The Morgan fingerprint density at radius 2 is 1.90 bits per heavy atom. The number of likely N-dealkylation sites (tertiary alicyclic amines) is 1. The van der Waals surface area contributed by atoms with Crippen molar-refractivity contribution < 1.29 is 32.2 Å². The Bertz CT molecular complexity index is 1400. The minimum atomic E-state index is -1.46. The molecule has 1 fully saturated rings. The summed E-state index contributed by atoms with van der Waals surface area (Å²) in [4.78, 5) is 18.6. The van der Waals surface area contributed by atoms with Crippen molar-refractivity contribution in [2.45, 2.75) is 38.4 Å². The second-order valence-corrected chi connectivity index (χ2v) is 9.70. The van der Waals surface area contributed by atoms with Gasteiger partial charge in [-0.2, -0.15) is 0 Å². The molecule has 3 aromatic rings. The van der Waals surface area contributed by atoms with E-state index in [4.69, 9.17) is 10.5 Å². The van der Waals surface area contributed by atoms with Gasteiger partial charge in [0.05, 0.1) is 30.1 Å². The zero-order valence-corrected chi connectivity index (χ0v) is 21.4. The third kappa shape index (κ3) is 6.15. The summed E-state index contributed by atoms with van der Waals surface area (Å²) < 4.78 is 61.8. The summed E-state index contributed by atoms with van der Waals surface area (Å²) >= 11 is 0. The quantitative estimate of drug-likeness (QED) is 0.303. The van der Waals surface area contributed by atoms with Crippen molar-refractivity contribution in [2.24, 2.45) is 11.1 Å². The molecule has 1 aromatic heterocycles. The van der Waals surface area contributed by atoms with Gasteiger partial charge in [0, 0.05) is 48.9 Å². The molecular formula is C29H29F4N3O3. The number of nitrogens with two attached hydrogens (primary N) is 1. The first kappa shape index (κ1) is 28.3. The van der Waals surface area contributed by atoms with E-state index in [2.05, 4.69) is 16.8 Å². The molecule has 1 aliphatic heterocycles. The molecule has 2 heterocycles. The molecule has 1 atom stereocenters. The molecule has 0 radical (unpaired) electrons. The Morgan fingerprint density at radius 1 is 1.21 bits per heavy atom. The van der Waals surface area contributed by atoms with Crippen LogP contribution < -0.4 is 10.5 Å². The number of carbonyl (C=O) groups is 1. The maximum absolute atomic E-state index is 15.8. The van der Waals surface area contributed by atoms with Crippen LogP contribution in [0.15, 0.2) is 36.5 Å². The van der Waals surface area contributed by atoms with Crippen LogP contribution in [0.2, 0.25) is 0 Å². The Balaban J connectivity index is 1.44. The standard InChI is InChI=1S/C29H29F4N3O3/c1-39-20-4-5-26-22(15-20)27(18(16-34)17-35-26)23(31)6-7-29(28(37)38)8-11-36(12-9-29)10-2-3-21-24(32)13-19(30)14-25(21)33/h4-5,13-15,17,23H,6-12,16,34H2,1H3,(H,37,38)/t23-/m1/s1. The third-order valence-corrected chi connectivity index (χ3v) is 7.40. The van der Waals surface area contributed by atoms with E-state index < -0.39 is 40.6 Å². The molecule has 3 N–H and O–H groups in total. The lowest BCUT2D eigenvalue weighted by Gasteiger charge is -2.38. The number of piperidine rings is 1. The smallest absolute Gasteiger partial charge is 0.309 e. The number of halogens is 4. The Hall–Kier alpha value is -3.68. The molecule has 0 spiro atoms.